The molecule has 0 spiro atoms. The van der Waals surface area contributed by atoms with E-state index in [1.54, 1.807) is 0 Å². The Morgan fingerprint density at radius 1 is 1.39 bits per heavy atom. The summed E-state index contributed by atoms with van der Waals surface area (Å²) in [5.74, 6) is -0.672. The summed E-state index contributed by atoms with van der Waals surface area (Å²) in [5.41, 5.74) is 3.18. The molecule has 1 saturated carbocycles. The van der Waals surface area contributed by atoms with Gasteiger partial charge in [-0.25, -0.2) is 9.48 Å². The molecule has 4 rings (SSSR count). The lowest BCUT2D eigenvalue weighted by molar-refractivity contribution is 0.0687. The lowest BCUT2D eigenvalue weighted by Gasteiger charge is -2.37. The minimum Gasteiger partial charge on any atom is -0.476 e. The maximum absolute atomic E-state index is 11.8. The van der Waals surface area contributed by atoms with Crippen molar-refractivity contribution in [1.82, 2.24) is 9.78 Å². The van der Waals surface area contributed by atoms with E-state index in [0.29, 0.717) is 0 Å². The zero-order chi connectivity index (χ0) is 16.4. The Morgan fingerprint density at radius 2 is 2.09 bits per heavy atom. The highest BCUT2D eigenvalue weighted by atomic mass is 79.9. The normalized spacial score (nSPS) is 31.3. The van der Waals surface area contributed by atoms with Crippen molar-refractivity contribution in [2.45, 2.75) is 38.0 Å². The number of carboxylic acid groups (broad SMARTS) is 1. The molecule has 1 fully saturated rings. The van der Waals surface area contributed by atoms with Crippen molar-refractivity contribution < 1.29 is 9.90 Å². The van der Waals surface area contributed by atoms with Crippen LogP contribution in [0.25, 0.3) is 5.69 Å². The molecule has 2 aliphatic rings. The fourth-order valence-corrected chi connectivity index (χ4v) is 5.73. The number of alkyl halides is 1. The average molecular weight is 375 g/mol. The van der Waals surface area contributed by atoms with Crippen molar-refractivity contribution in [3.8, 4) is 5.69 Å². The van der Waals surface area contributed by atoms with E-state index in [1.165, 1.54) is 0 Å². The smallest absolute Gasteiger partial charge is 0.356 e. The summed E-state index contributed by atoms with van der Waals surface area (Å²) < 4.78 is 1.87. The first-order valence-corrected chi connectivity index (χ1v) is 9.04. The molecule has 1 aromatic heterocycles. The summed E-state index contributed by atoms with van der Waals surface area (Å²) in [6.45, 7) is 4.55. The van der Waals surface area contributed by atoms with Gasteiger partial charge in [0.2, 0.25) is 0 Å². The maximum atomic E-state index is 11.8. The van der Waals surface area contributed by atoms with E-state index in [0.717, 1.165) is 35.1 Å². The molecule has 1 N–H and O–H groups in total. The van der Waals surface area contributed by atoms with Gasteiger partial charge < -0.3 is 5.11 Å². The van der Waals surface area contributed by atoms with E-state index in [4.69, 9.17) is 0 Å². The number of aromatic carboxylic acids is 1. The highest BCUT2D eigenvalue weighted by Crippen LogP contribution is 2.69. The van der Waals surface area contributed by atoms with Crippen molar-refractivity contribution >= 4 is 21.9 Å². The predicted molar refractivity (Wildman–Crippen MR) is 91.8 cm³/mol. The van der Waals surface area contributed by atoms with Crippen molar-refractivity contribution in [2.75, 3.05) is 5.33 Å². The summed E-state index contributed by atoms with van der Waals surface area (Å²) in [6.07, 6.45) is 2.11. The van der Waals surface area contributed by atoms with Gasteiger partial charge in [0.05, 0.1) is 11.4 Å². The monoisotopic (exact) mass is 374 g/mol. The second kappa shape index (κ2) is 4.69. The zero-order valence-corrected chi connectivity index (χ0v) is 14.8. The number of hydrogen-bond donors (Lipinski definition) is 1. The molecule has 1 heterocycles. The summed E-state index contributed by atoms with van der Waals surface area (Å²) in [7, 11) is 0. The van der Waals surface area contributed by atoms with Crippen LogP contribution in [0.2, 0.25) is 0 Å². The van der Waals surface area contributed by atoms with Crippen molar-refractivity contribution in [3.05, 3.63) is 47.3 Å². The maximum Gasteiger partial charge on any atom is 0.356 e. The van der Waals surface area contributed by atoms with E-state index in [-0.39, 0.29) is 22.4 Å². The zero-order valence-electron chi connectivity index (χ0n) is 13.2. The third-order valence-corrected chi connectivity index (χ3v) is 7.40. The Morgan fingerprint density at radius 3 is 2.70 bits per heavy atom. The van der Waals surface area contributed by atoms with Crippen LogP contribution in [0.3, 0.4) is 0 Å². The lowest BCUT2D eigenvalue weighted by Crippen LogP contribution is -2.37. The molecule has 0 aliphatic heterocycles. The Hall–Kier alpha value is -1.62. The molecule has 4 nitrogen and oxygen atoms in total. The first-order valence-electron chi connectivity index (χ1n) is 7.92. The van der Waals surface area contributed by atoms with Crippen molar-refractivity contribution in [1.29, 1.82) is 0 Å². The molecule has 3 atom stereocenters. The summed E-state index contributed by atoms with van der Waals surface area (Å²) in [5, 5.41) is 15.0. The van der Waals surface area contributed by atoms with Crippen LogP contribution in [0.1, 0.15) is 54.4 Å². The molecule has 2 aliphatic carbocycles. The Kier molecular flexibility index (Phi) is 3.05. The number of aromatic nitrogens is 2. The number of benzene rings is 1. The van der Waals surface area contributed by atoms with Crippen LogP contribution in [0.5, 0.6) is 0 Å². The van der Waals surface area contributed by atoms with Crippen LogP contribution in [0, 0.1) is 5.41 Å². The number of halogens is 1. The van der Waals surface area contributed by atoms with Crippen molar-refractivity contribution in [2.24, 2.45) is 5.41 Å². The molecule has 2 aromatic rings. The molecule has 0 radical (unpaired) electrons. The van der Waals surface area contributed by atoms with Gasteiger partial charge in [-0.15, -0.1) is 0 Å². The standard InChI is InChI=1S/C18H19BrN2O2/c1-17-9-8-12(18(17,2)10-19)13-14(16(22)23)20-21(15(13)17)11-6-4-3-5-7-11/h3-7,12H,8-10H2,1-2H3,(H,22,23). The number of carboxylic acids is 1. The number of fused-ring (bicyclic) bond motifs is 5. The van der Waals surface area contributed by atoms with E-state index in [2.05, 4.69) is 34.9 Å². The molecule has 5 heteroatoms. The minimum atomic E-state index is -0.927. The SMILES string of the molecule is CC12CCC(c3c(C(=O)O)nn(-c4ccccc4)c31)C2(C)CBr. The Bertz CT molecular complexity index is 801. The molecular formula is C18H19BrN2O2. The molecule has 3 unspecified atom stereocenters. The van der Waals surface area contributed by atoms with Crippen LogP contribution < -0.4 is 0 Å². The van der Waals surface area contributed by atoms with Gasteiger partial charge >= 0.3 is 5.97 Å². The number of hydrogen-bond acceptors (Lipinski definition) is 2. The highest BCUT2D eigenvalue weighted by Gasteiger charge is 2.64. The van der Waals surface area contributed by atoms with Gasteiger partial charge in [0.15, 0.2) is 5.69 Å². The summed E-state index contributed by atoms with van der Waals surface area (Å²) in [4.78, 5) is 11.8. The van der Waals surface area contributed by atoms with E-state index in [1.807, 2.05) is 35.0 Å². The van der Waals surface area contributed by atoms with E-state index >= 15 is 0 Å². The first-order chi connectivity index (χ1) is 10.9. The third kappa shape index (κ3) is 1.66. The van der Waals surface area contributed by atoms with E-state index in [9.17, 15) is 9.90 Å². The van der Waals surface area contributed by atoms with Crippen LogP contribution >= 0.6 is 15.9 Å². The Balaban J connectivity index is 2.04. The van der Waals surface area contributed by atoms with Gasteiger partial charge in [-0.1, -0.05) is 48.0 Å². The van der Waals surface area contributed by atoms with Gasteiger partial charge in [0.1, 0.15) is 0 Å². The molecule has 2 bridgehead atoms. The predicted octanol–water partition coefficient (Wildman–Crippen LogP) is 4.12. The largest absolute Gasteiger partial charge is 0.476 e. The van der Waals surface area contributed by atoms with Crippen LogP contribution in [0.15, 0.2) is 30.3 Å². The van der Waals surface area contributed by atoms with Gasteiger partial charge in [-0.3, -0.25) is 0 Å². The van der Waals surface area contributed by atoms with Crippen LogP contribution in [-0.2, 0) is 5.41 Å². The average Bonchev–Trinajstić information content (AvgIpc) is 3.12. The van der Waals surface area contributed by atoms with Crippen molar-refractivity contribution in [3.63, 3.8) is 0 Å². The second-order valence-corrected chi connectivity index (χ2v) is 7.70. The quantitative estimate of drug-likeness (QED) is 0.822. The third-order valence-electron chi connectivity index (χ3n) is 6.24. The molecule has 0 saturated heterocycles. The Labute approximate surface area is 143 Å². The summed E-state index contributed by atoms with van der Waals surface area (Å²) >= 11 is 3.70. The van der Waals surface area contributed by atoms with Crippen LogP contribution in [0.4, 0.5) is 0 Å². The topological polar surface area (TPSA) is 55.1 Å². The number of carbonyl (C=O) groups is 1. The molecule has 23 heavy (non-hydrogen) atoms. The molecular weight excluding hydrogens is 356 g/mol. The van der Waals surface area contributed by atoms with Crippen LogP contribution in [-0.4, -0.2) is 26.2 Å². The summed E-state index contributed by atoms with van der Waals surface area (Å²) in [6, 6.07) is 9.85. The molecule has 0 amide bonds. The van der Waals surface area contributed by atoms with Gasteiger partial charge in [-0.2, -0.15) is 5.10 Å². The number of para-hydroxylation sites is 1. The lowest BCUT2D eigenvalue weighted by atomic mass is 9.70. The molecule has 1 aromatic carbocycles. The first kappa shape index (κ1) is 14.9. The fourth-order valence-electron chi connectivity index (χ4n) is 4.72. The second-order valence-electron chi connectivity index (χ2n) is 7.14. The number of nitrogens with zero attached hydrogens (tertiary/aromatic N) is 2. The molecule has 120 valence electrons. The van der Waals surface area contributed by atoms with Gasteiger partial charge in [-0.05, 0) is 36.3 Å². The fraction of sp³-hybridized carbons (Fsp3) is 0.444. The van der Waals surface area contributed by atoms with Gasteiger partial charge in [0.25, 0.3) is 0 Å². The van der Waals surface area contributed by atoms with E-state index < -0.39 is 5.97 Å². The van der Waals surface area contributed by atoms with Gasteiger partial charge in [0, 0.05) is 16.3 Å². The number of rotatable bonds is 3. The minimum absolute atomic E-state index is 0.0291. The highest BCUT2D eigenvalue weighted by molar-refractivity contribution is 9.09.